The van der Waals surface area contributed by atoms with E-state index in [9.17, 15) is 14.4 Å². The predicted molar refractivity (Wildman–Crippen MR) is 334 cm³/mol. The number of unbranched alkanes of at least 4 members (excludes halogenated alkanes) is 26. The molecule has 0 saturated heterocycles. The maximum atomic E-state index is 12.9. The molecular weight excluding hydrogens is 949 g/mol. The summed E-state index contributed by atoms with van der Waals surface area (Å²) in [6, 6.07) is 0. The Morgan fingerprint density at radius 1 is 0.273 bits per heavy atom. The lowest BCUT2D eigenvalue weighted by Gasteiger charge is -2.18. The first-order valence-corrected chi connectivity index (χ1v) is 32.0. The molecule has 1 unspecified atom stereocenters. The lowest BCUT2D eigenvalue weighted by atomic mass is 10.1. The van der Waals surface area contributed by atoms with Crippen molar-refractivity contribution in [3.63, 3.8) is 0 Å². The molecule has 0 aliphatic heterocycles. The minimum Gasteiger partial charge on any atom is -0.462 e. The van der Waals surface area contributed by atoms with Crippen molar-refractivity contribution >= 4 is 17.9 Å². The van der Waals surface area contributed by atoms with Gasteiger partial charge in [0, 0.05) is 19.3 Å². The number of hydrogen-bond donors (Lipinski definition) is 0. The standard InChI is InChI=1S/C71H118O6/c1-4-7-10-13-16-19-22-25-28-30-32-33-34-35-36-37-39-40-43-46-49-52-55-58-61-64-70(73)76-67-68(66-75-69(72)63-60-57-54-51-48-45-42-27-24-21-18-15-12-9-6-3)77-71(74)65-62-59-56-53-50-47-44-41-38-31-29-26-23-20-17-14-11-8-5-2/h7,9-10,12,16-21,25-29,32-33,35-36,42,68H,4-6,8,11,13-15,22-24,30-31,34,37-41,43-67H2,1-3H3/b10-7-,12-9-,19-16-,20-17-,21-18-,28-25-,29-26-,33-32-,36-35-,42-27-. The normalized spacial score (nSPS) is 12.9. The second kappa shape index (κ2) is 64.3. The van der Waals surface area contributed by atoms with Crippen LogP contribution in [-0.2, 0) is 28.6 Å². The van der Waals surface area contributed by atoms with E-state index < -0.39 is 6.10 Å². The van der Waals surface area contributed by atoms with E-state index in [1.807, 2.05) is 0 Å². The van der Waals surface area contributed by atoms with E-state index in [0.29, 0.717) is 19.3 Å². The molecule has 0 aliphatic rings. The first-order valence-electron chi connectivity index (χ1n) is 32.0. The molecule has 0 fully saturated rings. The molecule has 0 N–H and O–H groups in total. The summed E-state index contributed by atoms with van der Waals surface area (Å²) in [5.74, 6) is -0.912. The van der Waals surface area contributed by atoms with Crippen LogP contribution in [0.3, 0.4) is 0 Å². The van der Waals surface area contributed by atoms with E-state index in [-0.39, 0.29) is 31.1 Å². The molecule has 0 heterocycles. The number of carbonyl (C=O) groups excluding carboxylic acids is 3. The highest BCUT2D eigenvalue weighted by Gasteiger charge is 2.19. The third-order valence-electron chi connectivity index (χ3n) is 13.4. The quantitative estimate of drug-likeness (QED) is 0.0261. The van der Waals surface area contributed by atoms with Gasteiger partial charge in [-0.15, -0.1) is 0 Å². The minimum atomic E-state index is -0.795. The Labute approximate surface area is 475 Å². The van der Waals surface area contributed by atoms with Gasteiger partial charge in [0.15, 0.2) is 6.10 Å². The Hall–Kier alpha value is -4.19. The molecule has 0 rings (SSSR count). The molecule has 0 radical (unpaired) electrons. The number of hydrogen-bond acceptors (Lipinski definition) is 6. The zero-order chi connectivity index (χ0) is 55.7. The summed E-state index contributed by atoms with van der Waals surface area (Å²) in [6.45, 7) is 6.38. The first-order chi connectivity index (χ1) is 38.0. The molecule has 6 heteroatoms. The maximum Gasteiger partial charge on any atom is 0.306 e. The Bertz CT molecular complexity index is 1600. The summed E-state index contributed by atoms with van der Waals surface area (Å²) in [4.78, 5) is 38.3. The number of allylic oxidation sites excluding steroid dienone is 20. The fraction of sp³-hybridized carbons (Fsp3) is 0.676. The third kappa shape index (κ3) is 62.5. The average Bonchev–Trinajstić information content (AvgIpc) is 3.43. The number of carbonyl (C=O) groups is 3. The van der Waals surface area contributed by atoms with Crippen LogP contribution in [0.1, 0.15) is 290 Å². The van der Waals surface area contributed by atoms with Crippen molar-refractivity contribution in [2.75, 3.05) is 13.2 Å². The third-order valence-corrected chi connectivity index (χ3v) is 13.4. The second-order valence-corrected chi connectivity index (χ2v) is 20.9. The molecule has 0 aromatic heterocycles. The van der Waals surface area contributed by atoms with E-state index in [1.165, 1.54) is 109 Å². The van der Waals surface area contributed by atoms with Gasteiger partial charge in [-0.1, -0.05) is 264 Å². The number of ether oxygens (including phenoxy) is 3. The lowest BCUT2D eigenvalue weighted by Crippen LogP contribution is -2.30. The highest BCUT2D eigenvalue weighted by atomic mass is 16.6. The van der Waals surface area contributed by atoms with E-state index in [1.54, 1.807) is 0 Å². The highest BCUT2D eigenvalue weighted by molar-refractivity contribution is 5.71. The van der Waals surface area contributed by atoms with Crippen LogP contribution in [0.4, 0.5) is 0 Å². The van der Waals surface area contributed by atoms with Crippen molar-refractivity contribution in [3.05, 3.63) is 122 Å². The summed E-state index contributed by atoms with van der Waals surface area (Å²) in [6.07, 6.45) is 89.1. The summed E-state index contributed by atoms with van der Waals surface area (Å²) in [5, 5.41) is 0. The van der Waals surface area contributed by atoms with Gasteiger partial charge in [-0.25, -0.2) is 0 Å². The largest absolute Gasteiger partial charge is 0.462 e. The molecule has 438 valence electrons. The van der Waals surface area contributed by atoms with Crippen molar-refractivity contribution in [1.82, 2.24) is 0 Å². The SMILES string of the molecule is CC/C=C\C/C=C\C/C=C\C/C=C\C/C=C\CCCCCCCCCCCC(=O)OCC(COC(=O)CCCCCCC/C=C\C/C=C\C/C=C\CC)OC(=O)CCCCCCCCCCC/C=C\C/C=C\CCCCC. The van der Waals surface area contributed by atoms with Gasteiger partial charge in [0.25, 0.3) is 0 Å². The van der Waals surface area contributed by atoms with Gasteiger partial charge >= 0.3 is 17.9 Å². The smallest absolute Gasteiger partial charge is 0.306 e. The molecule has 0 bridgehead atoms. The van der Waals surface area contributed by atoms with Crippen LogP contribution in [0.25, 0.3) is 0 Å². The van der Waals surface area contributed by atoms with Gasteiger partial charge in [-0.05, 0) is 128 Å². The molecule has 0 saturated carbocycles. The van der Waals surface area contributed by atoms with Crippen LogP contribution in [0, 0.1) is 0 Å². The van der Waals surface area contributed by atoms with Crippen molar-refractivity contribution in [2.24, 2.45) is 0 Å². The van der Waals surface area contributed by atoms with Gasteiger partial charge in [0.05, 0.1) is 0 Å². The Morgan fingerprint density at radius 3 is 0.792 bits per heavy atom. The molecule has 0 amide bonds. The summed E-state index contributed by atoms with van der Waals surface area (Å²) >= 11 is 0. The molecular formula is C71H118O6. The van der Waals surface area contributed by atoms with Crippen LogP contribution in [0.2, 0.25) is 0 Å². The van der Waals surface area contributed by atoms with Crippen molar-refractivity contribution in [2.45, 2.75) is 297 Å². The van der Waals surface area contributed by atoms with Gasteiger partial charge in [0.2, 0.25) is 0 Å². The average molecular weight is 1070 g/mol. The van der Waals surface area contributed by atoms with Gasteiger partial charge in [0.1, 0.15) is 13.2 Å². The van der Waals surface area contributed by atoms with Crippen LogP contribution >= 0.6 is 0 Å². The van der Waals surface area contributed by atoms with Crippen LogP contribution in [-0.4, -0.2) is 37.2 Å². The van der Waals surface area contributed by atoms with E-state index in [0.717, 1.165) is 141 Å². The fourth-order valence-electron chi connectivity index (χ4n) is 8.69. The zero-order valence-electron chi connectivity index (χ0n) is 50.2. The first kappa shape index (κ1) is 72.8. The molecule has 0 aromatic rings. The topological polar surface area (TPSA) is 78.9 Å². The number of rotatable bonds is 57. The molecule has 0 spiro atoms. The monoisotopic (exact) mass is 1070 g/mol. The second-order valence-electron chi connectivity index (χ2n) is 20.9. The Kier molecular flexibility index (Phi) is 60.8. The van der Waals surface area contributed by atoms with E-state index in [2.05, 4.69) is 142 Å². The molecule has 0 aromatic carbocycles. The van der Waals surface area contributed by atoms with Gasteiger partial charge < -0.3 is 14.2 Å². The van der Waals surface area contributed by atoms with Crippen molar-refractivity contribution in [1.29, 1.82) is 0 Å². The molecule has 6 nitrogen and oxygen atoms in total. The summed E-state index contributed by atoms with van der Waals surface area (Å²) in [5.41, 5.74) is 0. The highest BCUT2D eigenvalue weighted by Crippen LogP contribution is 2.15. The lowest BCUT2D eigenvalue weighted by molar-refractivity contribution is -0.167. The van der Waals surface area contributed by atoms with Crippen LogP contribution in [0.5, 0.6) is 0 Å². The number of esters is 3. The van der Waals surface area contributed by atoms with E-state index >= 15 is 0 Å². The molecule has 77 heavy (non-hydrogen) atoms. The fourth-order valence-corrected chi connectivity index (χ4v) is 8.69. The maximum absolute atomic E-state index is 12.9. The predicted octanol–water partition coefficient (Wildman–Crippen LogP) is 22.0. The Balaban J connectivity index is 4.39. The zero-order valence-corrected chi connectivity index (χ0v) is 50.2. The minimum absolute atomic E-state index is 0.0905. The molecule has 0 aliphatic carbocycles. The van der Waals surface area contributed by atoms with E-state index in [4.69, 9.17) is 14.2 Å². The summed E-state index contributed by atoms with van der Waals surface area (Å²) < 4.78 is 16.9. The van der Waals surface area contributed by atoms with Gasteiger partial charge in [-0.3, -0.25) is 14.4 Å². The summed E-state index contributed by atoms with van der Waals surface area (Å²) in [7, 11) is 0. The van der Waals surface area contributed by atoms with Gasteiger partial charge in [-0.2, -0.15) is 0 Å². The molecule has 1 atom stereocenters. The van der Waals surface area contributed by atoms with Crippen molar-refractivity contribution in [3.8, 4) is 0 Å². The Morgan fingerprint density at radius 2 is 0.506 bits per heavy atom. The van der Waals surface area contributed by atoms with Crippen LogP contribution in [0.15, 0.2) is 122 Å². The van der Waals surface area contributed by atoms with Crippen LogP contribution < -0.4 is 0 Å². The van der Waals surface area contributed by atoms with Crippen molar-refractivity contribution < 1.29 is 28.6 Å².